The highest BCUT2D eigenvalue weighted by Gasteiger charge is 2.28. The maximum absolute atomic E-state index is 12.0. The summed E-state index contributed by atoms with van der Waals surface area (Å²) in [4.78, 5) is 24.0. The standard InChI is InChI=1S/C12H21NO6S/c1-9(2)7-20(17,18)8-11(14)13-3-4-19-10(6-13)5-12(15)16/h9-10H,3-8H2,1-2H3,(H,15,16). The van der Waals surface area contributed by atoms with E-state index in [0.717, 1.165) is 0 Å². The summed E-state index contributed by atoms with van der Waals surface area (Å²) in [5.41, 5.74) is 0. The number of hydrogen-bond donors (Lipinski definition) is 1. The van der Waals surface area contributed by atoms with Crippen LogP contribution in [-0.4, -0.2) is 67.6 Å². The second-order valence-corrected chi connectivity index (χ2v) is 7.49. The summed E-state index contributed by atoms with van der Waals surface area (Å²) >= 11 is 0. The van der Waals surface area contributed by atoms with Gasteiger partial charge in [0, 0.05) is 13.1 Å². The molecule has 1 N–H and O–H groups in total. The Bertz CT molecular complexity index is 459. The average molecular weight is 307 g/mol. The highest BCUT2D eigenvalue weighted by atomic mass is 32.2. The van der Waals surface area contributed by atoms with Gasteiger partial charge < -0.3 is 14.7 Å². The molecule has 1 unspecified atom stereocenters. The van der Waals surface area contributed by atoms with Crippen molar-refractivity contribution >= 4 is 21.7 Å². The molecule has 1 rings (SSSR count). The molecule has 1 heterocycles. The van der Waals surface area contributed by atoms with Crippen LogP contribution in [0.5, 0.6) is 0 Å². The molecule has 8 heteroatoms. The lowest BCUT2D eigenvalue weighted by atomic mass is 10.2. The van der Waals surface area contributed by atoms with Crippen molar-refractivity contribution in [2.45, 2.75) is 26.4 Å². The Hall–Kier alpha value is -1.15. The Morgan fingerprint density at radius 3 is 2.60 bits per heavy atom. The van der Waals surface area contributed by atoms with Gasteiger partial charge in [-0.05, 0) is 5.92 Å². The summed E-state index contributed by atoms with van der Waals surface area (Å²) in [6.07, 6.45) is -0.763. The van der Waals surface area contributed by atoms with E-state index in [1.807, 2.05) is 0 Å². The van der Waals surface area contributed by atoms with Gasteiger partial charge in [-0.2, -0.15) is 0 Å². The zero-order valence-corrected chi connectivity index (χ0v) is 12.6. The Balaban J connectivity index is 2.57. The number of carbonyl (C=O) groups excluding carboxylic acids is 1. The fourth-order valence-electron chi connectivity index (χ4n) is 2.11. The number of carboxylic acids is 1. The minimum absolute atomic E-state index is 0.0262. The molecule has 1 amide bonds. The molecule has 0 aromatic rings. The van der Waals surface area contributed by atoms with E-state index < -0.39 is 33.6 Å². The first-order valence-corrected chi connectivity index (χ1v) is 8.33. The van der Waals surface area contributed by atoms with Crippen LogP contribution >= 0.6 is 0 Å². The Kier molecular flexibility index (Phi) is 5.94. The third kappa shape index (κ3) is 5.87. The van der Waals surface area contributed by atoms with E-state index in [4.69, 9.17) is 9.84 Å². The molecular formula is C12H21NO6S. The largest absolute Gasteiger partial charge is 0.481 e. The minimum atomic E-state index is -3.42. The molecule has 1 aliphatic rings. The number of amides is 1. The molecule has 0 aliphatic carbocycles. The number of morpholine rings is 1. The van der Waals surface area contributed by atoms with Crippen molar-refractivity contribution in [1.29, 1.82) is 0 Å². The molecular weight excluding hydrogens is 286 g/mol. The maximum Gasteiger partial charge on any atom is 0.306 e. The van der Waals surface area contributed by atoms with Gasteiger partial charge in [-0.3, -0.25) is 9.59 Å². The van der Waals surface area contributed by atoms with Gasteiger partial charge in [-0.15, -0.1) is 0 Å². The second kappa shape index (κ2) is 7.03. The quantitative estimate of drug-likeness (QED) is 0.727. The summed E-state index contributed by atoms with van der Waals surface area (Å²) in [5.74, 6) is -2.06. The zero-order chi connectivity index (χ0) is 15.3. The number of hydrogen-bond acceptors (Lipinski definition) is 5. The highest BCUT2D eigenvalue weighted by Crippen LogP contribution is 2.10. The van der Waals surface area contributed by atoms with Gasteiger partial charge in [0.25, 0.3) is 0 Å². The average Bonchev–Trinajstić information content (AvgIpc) is 2.25. The van der Waals surface area contributed by atoms with Crippen LogP contribution in [0.15, 0.2) is 0 Å². The minimum Gasteiger partial charge on any atom is -0.481 e. The van der Waals surface area contributed by atoms with E-state index in [9.17, 15) is 18.0 Å². The molecule has 0 aromatic carbocycles. The van der Waals surface area contributed by atoms with E-state index in [2.05, 4.69) is 0 Å². The fourth-order valence-corrected chi connectivity index (χ4v) is 3.80. The molecule has 0 bridgehead atoms. The molecule has 0 saturated carbocycles. The summed E-state index contributed by atoms with van der Waals surface area (Å²) in [6.45, 7) is 4.21. The van der Waals surface area contributed by atoms with Gasteiger partial charge >= 0.3 is 5.97 Å². The number of carboxylic acid groups (broad SMARTS) is 1. The van der Waals surface area contributed by atoms with Crippen LogP contribution in [-0.2, 0) is 24.2 Å². The van der Waals surface area contributed by atoms with Crippen LogP contribution in [0, 0.1) is 5.92 Å². The molecule has 0 spiro atoms. The zero-order valence-electron chi connectivity index (χ0n) is 11.7. The number of ether oxygens (including phenoxy) is 1. The summed E-state index contributed by atoms with van der Waals surface area (Å²) in [6, 6.07) is 0. The lowest BCUT2D eigenvalue weighted by molar-refractivity contribution is -0.146. The van der Waals surface area contributed by atoms with Gasteiger partial charge in [-0.1, -0.05) is 13.8 Å². The van der Waals surface area contributed by atoms with E-state index in [-0.39, 0.29) is 31.2 Å². The van der Waals surface area contributed by atoms with Crippen LogP contribution in [0.3, 0.4) is 0 Å². The van der Waals surface area contributed by atoms with E-state index in [1.54, 1.807) is 13.8 Å². The van der Waals surface area contributed by atoms with Crippen LogP contribution < -0.4 is 0 Å². The normalized spacial score (nSPS) is 20.1. The molecule has 1 aliphatic heterocycles. The van der Waals surface area contributed by atoms with Crippen LogP contribution in [0.2, 0.25) is 0 Å². The monoisotopic (exact) mass is 307 g/mol. The molecule has 7 nitrogen and oxygen atoms in total. The van der Waals surface area contributed by atoms with Gasteiger partial charge in [0.05, 0.1) is 24.9 Å². The Labute approximate surface area is 118 Å². The van der Waals surface area contributed by atoms with Crippen LogP contribution in [0.4, 0.5) is 0 Å². The molecule has 20 heavy (non-hydrogen) atoms. The number of sulfone groups is 1. The number of carbonyl (C=O) groups is 2. The first-order chi connectivity index (χ1) is 9.19. The summed E-state index contributed by atoms with van der Waals surface area (Å²) in [5, 5.41) is 8.70. The predicted molar refractivity (Wildman–Crippen MR) is 72.1 cm³/mol. The van der Waals surface area contributed by atoms with Gasteiger partial charge in [0.15, 0.2) is 9.84 Å². The first kappa shape index (κ1) is 16.9. The molecule has 1 atom stereocenters. The lowest BCUT2D eigenvalue weighted by Crippen LogP contribution is -2.48. The van der Waals surface area contributed by atoms with Crippen molar-refractivity contribution in [3.8, 4) is 0 Å². The molecule has 0 aromatic heterocycles. The van der Waals surface area contributed by atoms with Crippen molar-refractivity contribution in [3.63, 3.8) is 0 Å². The van der Waals surface area contributed by atoms with Gasteiger partial charge in [0.2, 0.25) is 5.91 Å². The SMILES string of the molecule is CC(C)CS(=O)(=O)CC(=O)N1CCOC(CC(=O)O)C1. The van der Waals surface area contributed by atoms with Crippen molar-refractivity contribution in [1.82, 2.24) is 4.90 Å². The van der Waals surface area contributed by atoms with Gasteiger partial charge in [0.1, 0.15) is 5.75 Å². The molecule has 0 radical (unpaired) electrons. The predicted octanol–water partition coefficient (Wildman–Crippen LogP) is -0.241. The number of rotatable bonds is 6. The van der Waals surface area contributed by atoms with E-state index in [1.165, 1.54) is 4.90 Å². The number of aliphatic carboxylic acids is 1. The second-order valence-electron chi connectivity index (χ2n) is 5.38. The van der Waals surface area contributed by atoms with Crippen molar-refractivity contribution in [2.24, 2.45) is 5.92 Å². The Morgan fingerprint density at radius 2 is 2.05 bits per heavy atom. The van der Waals surface area contributed by atoms with Gasteiger partial charge in [-0.25, -0.2) is 8.42 Å². The van der Waals surface area contributed by atoms with Crippen molar-refractivity contribution in [3.05, 3.63) is 0 Å². The molecule has 116 valence electrons. The Morgan fingerprint density at radius 1 is 1.40 bits per heavy atom. The summed E-state index contributed by atoms with van der Waals surface area (Å²) < 4.78 is 28.8. The first-order valence-electron chi connectivity index (χ1n) is 6.51. The molecule has 1 saturated heterocycles. The van der Waals surface area contributed by atoms with Crippen molar-refractivity contribution < 1.29 is 27.9 Å². The van der Waals surface area contributed by atoms with Crippen LogP contribution in [0.1, 0.15) is 20.3 Å². The molecule has 1 fully saturated rings. The number of nitrogens with zero attached hydrogens (tertiary/aromatic N) is 1. The van der Waals surface area contributed by atoms with E-state index in [0.29, 0.717) is 6.54 Å². The van der Waals surface area contributed by atoms with Crippen molar-refractivity contribution in [2.75, 3.05) is 31.2 Å². The third-order valence-corrected chi connectivity index (χ3v) is 4.69. The van der Waals surface area contributed by atoms with E-state index >= 15 is 0 Å². The maximum atomic E-state index is 12.0. The summed E-state index contributed by atoms with van der Waals surface area (Å²) in [7, 11) is -3.42. The van der Waals surface area contributed by atoms with Crippen LogP contribution in [0.25, 0.3) is 0 Å². The smallest absolute Gasteiger partial charge is 0.306 e. The lowest BCUT2D eigenvalue weighted by Gasteiger charge is -2.32. The fraction of sp³-hybridized carbons (Fsp3) is 0.833. The highest BCUT2D eigenvalue weighted by molar-refractivity contribution is 7.92. The topological polar surface area (TPSA) is 101 Å². The third-order valence-electron chi connectivity index (χ3n) is 2.82.